The molecular weight excluding hydrogens is 310 g/mol. The number of rotatable bonds is 4. The van der Waals surface area contributed by atoms with E-state index in [9.17, 15) is 0 Å². The van der Waals surface area contributed by atoms with Gasteiger partial charge in [0.2, 0.25) is 0 Å². The van der Waals surface area contributed by atoms with Gasteiger partial charge < -0.3 is 0 Å². The van der Waals surface area contributed by atoms with Crippen LogP contribution in [0.4, 0.5) is 0 Å². The molecule has 2 aromatic rings. The Balaban J connectivity index is 1.89. The van der Waals surface area contributed by atoms with Crippen LogP contribution in [-0.4, -0.2) is 23.8 Å². The summed E-state index contributed by atoms with van der Waals surface area (Å²) in [7, 11) is 0. The number of quaternary nitrogens is 1. The van der Waals surface area contributed by atoms with Crippen LogP contribution in [0.5, 0.6) is 0 Å². The van der Waals surface area contributed by atoms with Crippen molar-refractivity contribution in [3.8, 4) is 0 Å². The summed E-state index contributed by atoms with van der Waals surface area (Å²) in [4.78, 5) is 1.32. The highest BCUT2D eigenvalue weighted by Crippen LogP contribution is 2.48. The normalized spacial score (nSPS) is 24.9. The predicted molar refractivity (Wildman–Crippen MR) is 104 cm³/mol. The van der Waals surface area contributed by atoms with Crippen LogP contribution in [0, 0.1) is 0 Å². The summed E-state index contributed by atoms with van der Waals surface area (Å²) in [5, 5.41) is 0. The molecule has 0 aliphatic carbocycles. The Bertz CT molecular complexity index is 790. The summed E-state index contributed by atoms with van der Waals surface area (Å²) in [6.07, 6.45) is 9.32. The van der Waals surface area contributed by atoms with Crippen molar-refractivity contribution in [1.29, 1.82) is 0 Å². The first kappa shape index (κ1) is 15.7. The fourth-order valence-corrected chi connectivity index (χ4v) is 4.86. The van der Waals surface area contributed by atoms with Crippen molar-refractivity contribution in [3.63, 3.8) is 0 Å². The third-order valence-corrected chi connectivity index (χ3v) is 6.28. The molecule has 0 unspecified atom stereocenters. The minimum atomic E-state index is 0.591. The van der Waals surface area contributed by atoms with Gasteiger partial charge in [-0.15, -0.1) is 11.8 Å². The topological polar surface area (TPSA) is 0 Å². The standard InChI is InChI=1S/C22H24NS/c1-3-14-23-15-6-9-22(23)20-8-5-4-7-19(20)21(16-23)17-10-12-18(24-2)13-11-17/h3-5,7-8,10-13,16,22H,1,6,9,14-15H2,2H3/q+1/t22-,23+/m0/s1. The molecule has 0 radical (unpaired) electrons. The molecule has 0 spiro atoms. The Morgan fingerprint density at radius 1 is 1.17 bits per heavy atom. The fourth-order valence-electron chi connectivity index (χ4n) is 4.45. The molecule has 122 valence electrons. The lowest BCUT2D eigenvalue weighted by atomic mass is 9.86. The van der Waals surface area contributed by atoms with E-state index in [4.69, 9.17) is 0 Å². The first-order chi connectivity index (χ1) is 11.8. The van der Waals surface area contributed by atoms with Crippen molar-refractivity contribution in [2.75, 3.05) is 19.3 Å². The smallest absolute Gasteiger partial charge is 0.120 e. The second-order valence-corrected chi connectivity index (χ2v) is 7.69. The van der Waals surface area contributed by atoms with Crippen molar-refractivity contribution in [1.82, 2.24) is 0 Å². The van der Waals surface area contributed by atoms with Gasteiger partial charge in [-0.3, -0.25) is 4.48 Å². The number of fused-ring (bicyclic) bond motifs is 3. The number of benzene rings is 2. The third-order valence-electron chi connectivity index (χ3n) is 5.54. The van der Waals surface area contributed by atoms with Gasteiger partial charge in [-0.05, 0) is 35.6 Å². The maximum atomic E-state index is 4.04. The molecule has 2 aliphatic heterocycles. The number of hydrogen-bond donors (Lipinski definition) is 0. The molecule has 2 aliphatic rings. The minimum Gasteiger partial charge on any atom is -0.287 e. The molecule has 0 N–H and O–H groups in total. The second kappa shape index (κ2) is 6.27. The van der Waals surface area contributed by atoms with E-state index < -0.39 is 0 Å². The van der Waals surface area contributed by atoms with E-state index in [0.717, 1.165) is 11.0 Å². The summed E-state index contributed by atoms with van der Waals surface area (Å²) in [5.41, 5.74) is 5.65. The van der Waals surface area contributed by atoms with Crippen LogP contribution in [0.2, 0.25) is 0 Å². The van der Waals surface area contributed by atoms with Crippen LogP contribution in [0.3, 0.4) is 0 Å². The van der Waals surface area contributed by atoms with E-state index in [-0.39, 0.29) is 0 Å². The summed E-state index contributed by atoms with van der Waals surface area (Å²) in [6, 6.07) is 18.6. The molecule has 24 heavy (non-hydrogen) atoms. The Morgan fingerprint density at radius 3 is 2.71 bits per heavy atom. The summed E-state index contributed by atoms with van der Waals surface area (Å²) < 4.78 is 1.04. The van der Waals surface area contributed by atoms with E-state index in [1.54, 1.807) is 11.8 Å². The molecule has 0 amide bonds. The van der Waals surface area contributed by atoms with Crippen molar-refractivity contribution >= 4 is 17.3 Å². The summed E-state index contributed by atoms with van der Waals surface area (Å²) in [6.45, 7) is 6.28. The molecule has 1 nitrogen and oxygen atoms in total. The number of hydrogen-bond acceptors (Lipinski definition) is 1. The third kappa shape index (κ3) is 2.45. The van der Waals surface area contributed by atoms with Gasteiger partial charge in [0, 0.05) is 28.9 Å². The average Bonchev–Trinajstić information content (AvgIpc) is 3.05. The Hall–Kier alpha value is -1.77. The molecule has 2 heterocycles. The Morgan fingerprint density at radius 2 is 1.96 bits per heavy atom. The van der Waals surface area contributed by atoms with Gasteiger partial charge in [0.05, 0.1) is 6.54 Å². The van der Waals surface area contributed by atoms with Crippen molar-refractivity contribution < 1.29 is 4.48 Å². The Kier molecular flexibility index (Phi) is 4.11. The van der Waals surface area contributed by atoms with E-state index in [1.165, 1.54) is 46.5 Å². The summed E-state index contributed by atoms with van der Waals surface area (Å²) >= 11 is 1.80. The van der Waals surface area contributed by atoms with Gasteiger partial charge in [0.15, 0.2) is 0 Å². The highest BCUT2D eigenvalue weighted by molar-refractivity contribution is 7.98. The average molecular weight is 335 g/mol. The molecule has 2 atom stereocenters. The molecule has 0 aromatic heterocycles. The molecule has 0 saturated carbocycles. The van der Waals surface area contributed by atoms with Crippen LogP contribution in [0.25, 0.3) is 5.57 Å². The lowest BCUT2D eigenvalue weighted by Gasteiger charge is -2.41. The highest BCUT2D eigenvalue weighted by atomic mass is 32.2. The molecule has 0 bridgehead atoms. The van der Waals surface area contributed by atoms with Gasteiger partial charge in [-0.2, -0.15) is 0 Å². The van der Waals surface area contributed by atoms with Crippen LogP contribution in [0.1, 0.15) is 35.6 Å². The van der Waals surface area contributed by atoms with Crippen molar-refractivity contribution in [2.45, 2.75) is 23.8 Å². The lowest BCUT2D eigenvalue weighted by Crippen LogP contribution is -2.44. The second-order valence-electron chi connectivity index (χ2n) is 6.81. The van der Waals surface area contributed by atoms with Gasteiger partial charge in [0.25, 0.3) is 0 Å². The van der Waals surface area contributed by atoms with E-state index in [2.05, 4.69) is 73.6 Å². The molecular formula is C22H24NS+. The zero-order valence-electron chi connectivity index (χ0n) is 14.2. The largest absolute Gasteiger partial charge is 0.287 e. The van der Waals surface area contributed by atoms with Crippen LogP contribution in [0.15, 0.2) is 72.3 Å². The minimum absolute atomic E-state index is 0.591. The zero-order valence-corrected chi connectivity index (χ0v) is 15.1. The monoisotopic (exact) mass is 334 g/mol. The van der Waals surface area contributed by atoms with Crippen LogP contribution in [-0.2, 0) is 0 Å². The highest BCUT2D eigenvalue weighted by Gasteiger charge is 2.45. The molecule has 2 aromatic carbocycles. The van der Waals surface area contributed by atoms with Gasteiger partial charge in [-0.1, -0.05) is 43.0 Å². The first-order valence-corrected chi connectivity index (χ1v) is 9.94. The van der Waals surface area contributed by atoms with Gasteiger partial charge in [0.1, 0.15) is 18.8 Å². The Labute approximate surface area is 149 Å². The van der Waals surface area contributed by atoms with Gasteiger partial charge >= 0.3 is 0 Å². The molecule has 1 fully saturated rings. The van der Waals surface area contributed by atoms with E-state index in [0.29, 0.717) is 6.04 Å². The lowest BCUT2D eigenvalue weighted by molar-refractivity contribution is -0.891. The molecule has 2 heteroatoms. The van der Waals surface area contributed by atoms with Crippen molar-refractivity contribution in [2.24, 2.45) is 0 Å². The quantitative estimate of drug-likeness (QED) is 0.395. The SMILES string of the molecule is C=CC[N@@+]12C=C(c3ccc(SC)cc3)c3ccccc3[C@@H]1CCC2. The van der Waals surface area contributed by atoms with E-state index in [1.807, 2.05) is 0 Å². The number of thioether (sulfide) groups is 1. The zero-order chi connectivity index (χ0) is 16.6. The summed E-state index contributed by atoms with van der Waals surface area (Å²) in [5.74, 6) is 0. The predicted octanol–water partition coefficient (Wildman–Crippen LogP) is 5.65. The van der Waals surface area contributed by atoms with E-state index >= 15 is 0 Å². The first-order valence-electron chi connectivity index (χ1n) is 8.71. The number of nitrogens with zero attached hydrogens (tertiary/aromatic N) is 1. The van der Waals surface area contributed by atoms with Gasteiger partial charge in [-0.25, -0.2) is 0 Å². The molecule has 4 rings (SSSR count). The molecule has 1 saturated heterocycles. The van der Waals surface area contributed by atoms with Crippen LogP contribution < -0.4 is 0 Å². The fraction of sp³-hybridized carbons (Fsp3) is 0.273. The van der Waals surface area contributed by atoms with Crippen molar-refractivity contribution in [3.05, 3.63) is 84.1 Å². The maximum absolute atomic E-state index is 4.04. The maximum Gasteiger partial charge on any atom is 0.120 e. The van der Waals surface area contributed by atoms with Crippen LogP contribution >= 0.6 is 11.8 Å².